The predicted octanol–water partition coefficient (Wildman–Crippen LogP) is 1.09. The van der Waals surface area contributed by atoms with E-state index in [1.807, 2.05) is 0 Å². The second kappa shape index (κ2) is 3.83. The highest BCUT2D eigenvalue weighted by atomic mass is 19.3. The number of aromatic nitrogens is 1. The molecule has 0 amide bonds. The van der Waals surface area contributed by atoms with Gasteiger partial charge in [0.25, 0.3) is 6.43 Å². The van der Waals surface area contributed by atoms with Crippen molar-refractivity contribution in [3.05, 3.63) is 37.7 Å². The van der Waals surface area contributed by atoms with E-state index in [-0.39, 0.29) is 0 Å². The van der Waals surface area contributed by atoms with Crippen molar-refractivity contribution >= 4 is 5.82 Å². The number of H-pyrrole nitrogens is 1. The van der Waals surface area contributed by atoms with Crippen LogP contribution in [0.5, 0.6) is 0 Å². The molecule has 1 aromatic rings. The van der Waals surface area contributed by atoms with Crippen LogP contribution < -0.4 is 5.56 Å². The Bertz CT molecular complexity index is 503. The van der Waals surface area contributed by atoms with Crippen LogP contribution in [0.25, 0.3) is 0 Å². The van der Waals surface area contributed by atoms with Gasteiger partial charge >= 0.3 is 11.4 Å². The van der Waals surface area contributed by atoms with Crippen molar-refractivity contribution in [1.82, 2.24) is 4.98 Å². The lowest BCUT2D eigenvalue weighted by Crippen LogP contribution is -2.16. The summed E-state index contributed by atoms with van der Waals surface area (Å²) in [6.07, 6.45) is -3.15. The molecule has 0 fully saturated rings. The molecule has 1 rings (SSSR count). The van der Waals surface area contributed by atoms with Crippen molar-refractivity contribution in [1.29, 1.82) is 5.26 Å². The van der Waals surface area contributed by atoms with Gasteiger partial charge in [-0.15, -0.1) is 0 Å². The number of pyridine rings is 1. The molecule has 1 heterocycles. The molecule has 0 spiro atoms. The van der Waals surface area contributed by atoms with Crippen LogP contribution >= 0.6 is 0 Å². The summed E-state index contributed by atoms with van der Waals surface area (Å²) >= 11 is 0. The number of rotatable bonds is 2. The normalized spacial score (nSPS) is 10.0. The van der Waals surface area contributed by atoms with E-state index >= 15 is 0 Å². The van der Waals surface area contributed by atoms with E-state index < -0.39 is 33.9 Å². The molecule has 8 heteroatoms. The molecular formula is C7H3F2N3O3. The lowest BCUT2D eigenvalue weighted by molar-refractivity contribution is -0.389. The van der Waals surface area contributed by atoms with E-state index in [0.717, 1.165) is 0 Å². The molecule has 0 aliphatic heterocycles. The van der Waals surface area contributed by atoms with Gasteiger partial charge in [-0.2, -0.15) is 5.26 Å². The topological polar surface area (TPSA) is 99.8 Å². The van der Waals surface area contributed by atoms with Crippen molar-refractivity contribution in [2.45, 2.75) is 6.43 Å². The van der Waals surface area contributed by atoms with Crippen molar-refractivity contribution in [2.24, 2.45) is 0 Å². The summed E-state index contributed by atoms with van der Waals surface area (Å²) in [6.45, 7) is 0. The van der Waals surface area contributed by atoms with Crippen LogP contribution in [0.1, 0.15) is 17.6 Å². The van der Waals surface area contributed by atoms with Crippen LogP contribution in [-0.2, 0) is 0 Å². The molecule has 0 radical (unpaired) electrons. The van der Waals surface area contributed by atoms with Crippen LogP contribution in [0.15, 0.2) is 10.9 Å². The van der Waals surface area contributed by atoms with Crippen molar-refractivity contribution in [3.8, 4) is 6.07 Å². The molecule has 0 atom stereocenters. The Morgan fingerprint density at radius 2 is 2.20 bits per heavy atom. The summed E-state index contributed by atoms with van der Waals surface area (Å²) in [5, 5.41) is 18.7. The summed E-state index contributed by atoms with van der Waals surface area (Å²) in [6, 6.07) is 1.91. The minimum atomic E-state index is -3.15. The Hall–Kier alpha value is -2.30. The van der Waals surface area contributed by atoms with Gasteiger partial charge in [-0.25, -0.2) is 18.6 Å². The van der Waals surface area contributed by atoms with Gasteiger partial charge in [-0.05, 0) is 4.92 Å². The molecule has 0 aromatic carbocycles. The minimum absolute atomic E-state index is 0.600. The average Bonchev–Trinajstić information content (AvgIpc) is 2.15. The number of nitro groups is 1. The van der Waals surface area contributed by atoms with Gasteiger partial charge in [0.15, 0.2) is 0 Å². The highest BCUT2D eigenvalue weighted by Gasteiger charge is 2.22. The standard InChI is InChI=1S/C7H3F2N3O3/c8-6(9)5-3(2-10)1-4(12(14)15)11-7(5)13/h1,6H,(H,11,13). The maximum atomic E-state index is 12.3. The molecule has 0 saturated carbocycles. The Labute approximate surface area is 80.9 Å². The number of nitriles is 1. The predicted molar refractivity (Wildman–Crippen MR) is 43.4 cm³/mol. The summed E-state index contributed by atoms with van der Waals surface area (Å²) < 4.78 is 24.5. The number of halogens is 2. The molecule has 1 aromatic heterocycles. The highest BCUT2D eigenvalue weighted by molar-refractivity contribution is 5.41. The fraction of sp³-hybridized carbons (Fsp3) is 0.143. The number of hydrogen-bond donors (Lipinski definition) is 1. The zero-order valence-electron chi connectivity index (χ0n) is 7.03. The minimum Gasteiger partial charge on any atom is -0.358 e. The molecular weight excluding hydrogens is 212 g/mol. The molecule has 0 saturated heterocycles. The zero-order chi connectivity index (χ0) is 11.6. The SMILES string of the molecule is N#Cc1cc([N+](=O)[O-])[nH]c(=O)c1C(F)F. The molecule has 15 heavy (non-hydrogen) atoms. The van der Waals surface area contributed by atoms with Crippen LogP contribution in [0.3, 0.4) is 0 Å². The first kappa shape index (κ1) is 10.8. The second-order valence-corrected chi connectivity index (χ2v) is 2.48. The number of hydrogen-bond acceptors (Lipinski definition) is 4. The Morgan fingerprint density at radius 1 is 1.60 bits per heavy atom. The van der Waals surface area contributed by atoms with Crippen molar-refractivity contribution < 1.29 is 13.7 Å². The fourth-order valence-electron chi connectivity index (χ4n) is 0.964. The number of aromatic amines is 1. The van der Waals surface area contributed by atoms with Gasteiger partial charge in [0.05, 0.1) is 11.6 Å². The van der Waals surface area contributed by atoms with E-state index in [9.17, 15) is 23.7 Å². The Kier molecular flexibility index (Phi) is 2.75. The molecule has 0 bridgehead atoms. The molecule has 0 aliphatic rings. The van der Waals surface area contributed by atoms with E-state index in [2.05, 4.69) is 0 Å². The van der Waals surface area contributed by atoms with Gasteiger partial charge in [0.2, 0.25) is 0 Å². The van der Waals surface area contributed by atoms with Crippen LogP contribution in [0, 0.1) is 21.4 Å². The molecule has 1 N–H and O–H groups in total. The fourth-order valence-corrected chi connectivity index (χ4v) is 0.964. The van der Waals surface area contributed by atoms with E-state index in [4.69, 9.17) is 5.26 Å². The molecule has 78 valence electrons. The first-order chi connectivity index (χ1) is 6.97. The third-order valence-electron chi connectivity index (χ3n) is 1.59. The van der Waals surface area contributed by atoms with Crippen LogP contribution in [0.4, 0.5) is 14.6 Å². The van der Waals surface area contributed by atoms with Crippen molar-refractivity contribution in [2.75, 3.05) is 0 Å². The summed E-state index contributed by atoms with van der Waals surface area (Å²) in [4.78, 5) is 21.9. The zero-order valence-corrected chi connectivity index (χ0v) is 7.03. The van der Waals surface area contributed by atoms with E-state index in [1.165, 1.54) is 6.07 Å². The third kappa shape index (κ3) is 1.96. The average molecular weight is 215 g/mol. The largest absolute Gasteiger partial charge is 0.358 e. The van der Waals surface area contributed by atoms with Gasteiger partial charge < -0.3 is 10.1 Å². The van der Waals surface area contributed by atoms with E-state index in [1.54, 1.807) is 4.98 Å². The first-order valence-electron chi connectivity index (χ1n) is 3.57. The quantitative estimate of drug-likeness (QED) is 0.589. The lowest BCUT2D eigenvalue weighted by atomic mass is 10.1. The maximum absolute atomic E-state index is 12.3. The van der Waals surface area contributed by atoms with Gasteiger partial charge in [-0.1, -0.05) is 0 Å². The third-order valence-corrected chi connectivity index (χ3v) is 1.59. The van der Waals surface area contributed by atoms with Crippen molar-refractivity contribution in [3.63, 3.8) is 0 Å². The summed E-state index contributed by atoms with van der Waals surface area (Å²) in [7, 11) is 0. The van der Waals surface area contributed by atoms with Crippen LogP contribution in [0.2, 0.25) is 0 Å². The Balaban J connectivity index is 3.53. The monoisotopic (exact) mass is 215 g/mol. The van der Waals surface area contributed by atoms with Crippen LogP contribution in [-0.4, -0.2) is 9.91 Å². The van der Waals surface area contributed by atoms with Gasteiger partial charge in [0, 0.05) is 0 Å². The van der Waals surface area contributed by atoms with Gasteiger partial charge in [0.1, 0.15) is 11.6 Å². The summed E-state index contributed by atoms with van der Waals surface area (Å²) in [5.41, 5.74) is -3.07. The number of nitrogens with one attached hydrogen (secondary N) is 1. The molecule has 0 aliphatic carbocycles. The van der Waals surface area contributed by atoms with E-state index in [0.29, 0.717) is 6.07 Å². The maximum Gasteiger partial charge on any atom is 0.342 e. The Morgan fingerprint density at radius 3 is 2.60 bits per heavy atom. The van der Waals surface area contributed by atoms with Gasteiger partial charge in [-0.3, -0.25) is 0 Å². The number of alkyl halides is 2. The smallest absolute Gasteiger partial charge is 0.342 e. The number of nitrogens with zero attached hydrogens (tertiary/aromatic N) is 2. The molecule has 0 unspecified atom stereocenters. The first-order valence-corrected chi connectivity index (χ1v) is 3.57. The summed E-state index contributed by atoms with van der Waals surface area (Å²) in [5.74, 6) is -0.791. The lowest BCUT2D eigenvalue weighted by Gasteiger charge is -1.99. The second-order valence-electron chi connectivity index (χ2n) is 2.48. The molecule has 6 nitrogen and oxygen atoms in total. The highest BCUT2D eigenvalue weighted by Crippen LogP contribution is 2.20.